The zero-order valence-electron chi connectivity index (χ0n) is 18.4. The summed E-state index contributed by atoms with van der Waals surface area (Å²) in [7, 11) is 1.86. The second-order valence-corrected chi connectivity index (χ2v) is 8.43. The van der Waals surface area contributed by atoms with Crippen LogP contribution in [0.5, 0.6) is 11.6 Å². The molecular weight excluding hydrogens is 438 g/mol. The Morgan fingerprint density at radius 3 is 2.48 bits per heavy atom. The summed E-state index contributed by atoms with van der Waals surface area (Å²) in [5.74, 6) is 0.463. The van der Waals surface area contributed by atoms with Gasteiger partial charge in [0, 0.05) is 24.9 Å². The van der Waals surface area contributed by atoms with Gasteiger partial charge >= 0.3 is 5.97 Å². The molecule has 0 bridgehead atoms. The fourth-order valence-electron chi connectivity index (χ4n) is 3.40. The van der Waals surface area contributed by atoms with Gasteiger partial charge in [-0.1, -0.05) is 30.3 Å². The van der Waals surface area contributed by atoms with E-state index in [0.29, 0.717) is 23.1 Å². The highest BCUT2D eigenvalue weighted by Crippen LogP contribution is 2.31. The molecule has 0 radical (unpaired) electrons. The average molecular weight is 462 g/mol. The van der Waals surface area contributed by atoms with Gasteiger partial charge in [-0.15, -0.1) is 0 Å². The summed E-state index contributed by atoms with van der Waals surface area (Å²) in [6.45, 7) is 4.09. The maximum Gasteiger partial charge on any atom is 0.307 e. The number of aliphatic carboxylic acids is 1. The van der Waals surface area contributed by atoms with Crippen LogP contribution in [-0.2, 0) is 18.3 Å². The minimum Gasteiger partial charge on any atom is -0.481 e. The molecule has 0 aliphatic heterocycles. The fraction of sp³-hybridized carbons (Fsp3) is 0.167. The molecule has 0 saturated carbocycles. The fourth-order valence-corrected chi connectivity index (χ4v) is 4.00. The SMILES string of the molecule is Cc1cccc(C)c1-c1cc(Oc2ccc(CC(=O)O)cc2)nc(NSc2cnn(C)c2)n1. The number of benzene rings is 2. The van der Waals surface area contributed by atoms with Crippen molar-refractivity contribution in [3.63, 3.8) is 0 Å². The number of anilines is 1. The van der Waals surface area contributed by atoms with Crippen LogP contribution in [0.3, 0.4) is 0 Å². The second kappa shape index (κ2) is 9.74. The van der Waals surface area contributed by atoms with Crippen LogP contribution in [-0.4, -0.2) is 30.8 Å². The molecule has 0 spiro atoms. The first-order valence-electron chi connectivity index (χ1n) is 10.2. The molecule has 9 heteroatoms. The third-order valence-corrected chi connectivity index (χ3v) is 5.61. The Hall–Kier alpha value is -3.85. The van der Waals surface area contributed by atoms with Crippen LogP contribution in [0.25, 0.3) is 11.3 Å². The van der Waals surface area contributed by atoms with E-state index in [1.165, 1.54) is 11.9 Å². The first-order valence-corrected chi connectivity index (χ1v) is 11.0. The number of carboxylic acid groups (broad SMARTS) is 1. The van der Waals surface area contributed by atoms with Crippen LogP contribution >= 0.6 is 11.9 Å². The van der Waals surface area contributed by atoms with E-state index in [0.717, 1.165) is 27.3 Å². The minimum atomic E-state index is -0.875. The zero-order valence-corrected chi connectivity index (χ0v) is 19.3. The van der Waals surface area contributed by atoms with Crippen LogP contribution in [0.2, 0.25) is 0 Å². The number of rotatable bonds is 8. The first kappa shape index (κ1) is 22.3. The molecule has 0 atom stereocenters. The molecule has 2 aromatic heterocycles. The van der Waals surface area contributed by atoms with Gasteiger partial charge in [-0.2, -0.15) is 10.1 Å². The van der Waals surface area contributed by atoms with Crippen LogP contribution in [0.1, 0.15) is 16.7 Å². The van der Waals surface area contributed by atoms with Crippen molar-refractivity contribution in [2.45, 2.75) is 25.2 Å². The lowest BCUT2D eigenvalue weighted by Gasteiger charge is -2.13. The third kappa shape index (κ3) is 5.69. The van der Waals surface area contributed by atoms with E-state index in [2.05, 4.69) is 14.8 Å². The van der Waals surface area contributed by atoms with Gasteiger partial charge in [-0.25, -0.2) is 4.98 Å². The molecule has 0 saturated heterocycles. The Kier molecular flexibility index (Phi) is 6.60. The Labute approximate surface area is 195 Å². The normalized spacial score (nSPS) is 10.8. The first-order chi connectivity index (χ1) is 15.9. The van der Waals surface area contributed by atoms with Crippen molar-refractivity contribution in [3.05, 3.63) is 77.6 Å². The average Bonchev–Trinajstić information content (AvgIpc) is 3.18. The topological polar surface area (TPSA) is 102 Å². The molecule has 4 aromatic rings. The molecule has 2 N–H and O–H groups in total. The molecular formula is C24H23N5O3S. The molecule has 33 heavy (non-hydrogen) atoms. The van der Waals surface area contributed by atoms with Crippen molar-refractivity contribution in [1.82, 2.24) is 19.7 Å². The Balaban J connectivity index is 1.65. The highest BCUT2D eigenvalue weighted by Gasteiger charge is 2.13. The predicted molar refractivity (Wildman–Crippen MR) is 127 cm³/mol. The summed E-state index contributed by atoms with van der Waals surface area (Å²) in [6.07, 6.45) is 3.61. The number of aryl methyl sites for hydroxylation is 3. The highest BCUT2D eigenvalue weighted by molar-refractivity contribution is 8.00. The highest BCUT2D eigenvalue weighted by atomic mass is 32.2. The second-order valence-electron chi connectivity index (χ2n) is 7.55. The lowest BCUT2D eigenvalue weighted by Crippen LogP contribution is -2.01. The minimum absolute atomic E-state index is 0.0376. The third-order valence-electron chi connectivity index (χ3n) is 4.88. The van der Waals surface area contributed by atoms with Crippen molar-refractivity contribution in [1.29, 1.82) is 0 Å². The quantitative estimate of drug-likeness (QED) is 0.352. The number of aromatic nitrogens is 4. The van der Waals surface area contributed by atoms with Crippen LogP contribution in [0.15, 0.2) is 65.8 Å². The molecule has 4 rings (SSSR count). The summed E-state index contributed by atoms with van der Waals surface area (Å²) in [5.41, 5.74) is 4.67. The van der Waals surface area contributed by atoms with Gasteiger partial charge in [0.2, 0.25) is 11.8 Å². The Morgan fingerprint density at radius 1 is 1.12 bits per heavy atom. The van der Waals surface area contributed by atoms with Crippen molar-refractivity contribution < 1.29 is 14.6 Å². The van der Waals surface area contributed by atoms with E-state index in [1.54, 1.807) is 41.2 Å². The van der Waals surface area contributed by atoms with Crippen LogP contribution in [0, 0.1) is 13.8 Å². The largest absolute Gasteiger partial charge is 0.481 e. The van der Waals surface area contributed by atoms with Crippen LogP contribution < -0.4 is 9.46 Å². The number of nitrogens with one attached hydrogen (secondary N) is 1. The summed E-state index contributed by atoms with van der Waals surface area (Å²) in [4.78, 5) is 21.1. The van der Waals surface area contributed by atoms with Gasteiger partial charge < -0.3 is 9.84 Å². The van der Waals surface area contributed by atoms with Gasteiger partial charge in [-0.3, -0.25) is 14.2 Å². The van der Waals surface area contributed by atoms with E-state index in [4.69, 9.17) is 14.8 Å². The number of hydrogen-bond acceptors (Lipinski definition) is 7. The molecule has 0 fully saturated rings. The summed E-state index contributed by atoms with van der Waals surface area (Å²) in [5, 5.41) is 13.1. The monoisotopic (exact) mass is 461 g/mol. The molecule has 0 amide bonds. The Bertz CT molecular complexity index is 1270. The number of hydrogen-bond donors (Lipinski definition) is 2. The lowest BCUT2D eigenvalue weighted by atomic mass is 10.00. The van der Waals surface area contributed by atoms with Crippen molar-refractivity contribution in [2.75, 3.05) is 4.72 Å². The number of carboxylic acids is 1. The summed E-state index contributed by atoms with van der Waals surface area (Å²) >= 11 is 1.36. The number of carbonyl (C=O) groups is 1. The van der Waals surface area contributed by atoms with Crippen molar-refractivity contribution in [2.24, 2.45) is 7.05 Å². The summed E-state index contributed by atoms with van der Waals surface area (Å²) < 4.78 is 10.9. The van der Waals surface area contributed by atoms with Gasteiger partial charge in [0.25, 0.3) is 0 Å². The maximum atomic E-state index is 10.9. The van der Waals surface area contributed by atoms with Crippen molar-refractivity contribution in [3.8, 4) is 22.9 Å². The molecule has 168 valence electrons. The van der Waals surface area contributed by atoms with Gasteiger partial charge in [-0.05, 0) is 54.6 Å². The van der Waals surface area contributed by atoms with Gasteiger partial charge in [0.15, 0.2) is 0 Å². The van der Waals surface area contributed by atoms with Gasteiger partial charge in [0.05, 0.1) is 23.2 Å². The molecule has 8 nitrogen and oxygen atoms in total. The Morgan fingerprint density at radius 2 is 1.85 bits per heavy atom. The van der Waals surface area contributed by atoms with Crippen LogP contribution in [0.4, 0.5) is 5.95 Å². The van der Waals surface area contributed by atoms with E-state index in [1.807, 2.05) is 45.3 Å². The zero-order chi connectivity index (χ0) is 23.4. The number of nitrogens with zero attached hydrogens (tertiary/aromatic N) is 4. The molecule has 2 heterocycles. The standard InChI is InChI=1S/C24H23N5O3S/c1-15-5-4-6-16(2)23(15)20-12-21(32-18-9-7-17(8-10-18)11-22(30)31)27-24(26-20)28-33-19-13-25-29(3)14-19/h4-10,12-14H,11H2,1-3H3,(H,30,31)(H,26,27,28). The molecule has 0 aliphatic carbocycles. The van der Waals surface area contributed by atoms with Gasteiger partial charge in [0.1, 0.15) is 5.75 Å². The lowest BCUT2D eigenvalue weighted by molar-refractivity contribution is -0.136. The molecule has 0 unspecified atom stereocenters. The summed E-state index contributed by atoms with van der Waals surface area (Å²) in [6, 6.07) is 14.8. The predicted octanol–water partition coefficient (Wildman–Crippen LogP) is 5.03. The van der Waals surface area contributed by atoms with E-state index >= 15 is 0 Å². The van der Waals surface area contributed by atoms with E-state index in [-0.39, 0.29) is 6.42 Å². The molecule has 0 aliphatic rings. The number of ether oxygens (including phenoxy) is 1. The maximum absolute atomic E-state index is 10.9. The van der Waals surface area contributed by atoms with Crippen molar-refractivity contribution >= 4 is 23.9 Å². The smallest absolute Gasteiger partial charge is 0.307 e. The molecule has 2 aromatic carbocycles. The van der Waals surface area contributed by atoms with E-state index < -0.39 is 5.97 Å². The van der Waals surface area contributed by atoms with E-state index in [9.17, 15) is 4.79 Å².